The molecule has 11 heteroatoms. The summed E-state index contributed by atoms with van der Waals surface area (Å²) < 4.78 is 55.7. The normalized spacial score (nSPS) is 22.6. The van der Waals surface area contributed by atoms with Crippen LogP contribution in [0.15, 0.2) is 48.5 Å². The molecule has 1 aliphatic carbocycles. The second-order valence-corrected chi connectivity index (χ2v) is 10.1. The number of carbonyl (C=O) groups excluding carboxylic acids is 2. The summed E-state index contributed by atoms with van der Waals surface area (Å²) in [5, 5.41) is 5.35. The van der Waals surface area contributed by atoms with Crippen molar-refractivity contribution >= 4 is 17.4 Å². The Morgan fingerprint density at radius 3 is 2.67 bits per heavy atom. The molecule has 0 aromatic heterocycles. The largest absolute Gasteiger partial charge is 0.454 e. The lowest BCUT2D eigenvalue weighted by molar-refractivity contribution is -0.137. The number of fused-ring (bicyclic) bond motifs is 1. The molecule has 1 unspecified atom stereocenters. The summed E-state index contributed by atoms with van der Waals surface area (Å²) in [6.07, 6.45) is 0.253. The minimum Gasteiger partial charge on any atom is -0.454 e. The Bertz CT molecular complexity index is 1280. The summed E-state index contributed by atoms with van der Waals surface area (Å²) in [6.45, 7) is 3.57. The van der Waals surface area contributed by atoms with Gasteiger partial charge in [0, 0.05) is 31.3 Å². The van der Waals surface area contributed by atoms with Crippen LogP contribution >= 0.6 is 0 Å². The van der Waals surface area contributed by atoms with E-state index >= 15 is 0 Å². The summed E-state index contributed by atoms with van der Waals surface area (Å²) in [7, 11) is 0. The molecule has 3 aliphatic rings. The molecule has 2 aliphatic heterocycles. The van der Waals surface area contributed by atoms with Crippen LogP contribution in [0.3, 0.4) is 0 Å². The molecule has 1 fully saturated rings. The van der Waals surface area contributed by atoms with Crippen molar-refractivity contribution in [3.8, 4) is 11.5 Å². The lowest BCUT2D eigenvalue weighted by Gasteiger charge is -2.30. The molecule has 1 saturated heterocycles. The van der Waals surface area contributed by atoms with Crippen LogP contribution < -0.4 is 20.1 Å². The van der Waals surface area contributed by atoms with E-state index in [4.69, 9.17) is 14.2 Å². The first-order valence-electron chi connectivity index (χ1n) is 13.4. The molecule has 0 saturated carbocycles. The van der Waals surface area contributed by atoms with Gasteiger partial charge in [0.1, 0.15) is 0 Å². The Morgan fingerprint density at radius 1 is 1.10 bits per heavy atom. The fraction of sp³-hybridized carbons (Fsp3) is 0.448. The number of ether oxygens (including phenoxy) is 3. The molecule has 0 radical (unpaired) electrons. The van der Waals surface area contributed by atoms with Crippen molar-refractivity contribution in [3.63, 3.8) is 0 Å². The van der Waals surface area contributed by atoms with Gasteiger partial charge in [0.15, 0.2) is 11.5 Å². The molecule has 5 rings (SSSR count). The molecule has 214 valence electrons. The van der Waals surface area contributed by atoms with E-state index in [1.54, 1.807) is 0 Å². The molecule has 0 bridgehead atoms. The van der Waals surface area contributed by atoms with Gasteiger partial charge in [-0.15, -0.1) is 0 Å². The summed E-state index contributed by atoms with van der Waals surface area (Å²) >= 11 is 0. The average molecular weight is 560 g/mol. The standard InChI is InChI=1S/C29H32F3N3O5/c1-2-38-26-16-35(22-9-6-18(7-10-22)19-8-11-24-25(13-19)40-17-39-24)15-23(26)34-27(36)14-33-28(37)20-4-3-5-21(12-20)29(30,31)32/h3-6,8,11-13,22-23,26H,2,7,9-10,14-17H2,1H3,(H,33,37)(H,34,36)/t22?,23-,26-/m0/s1. The van der Waals surface area contributed by atoms with Crippen LogP contribution in [0.1, 0.15) is 47.7 Å². The van der Waals surface area contributed by atoms with Crippen LogP contribution in [-0.4, -0.2) is 67.9 Å². The van der Waals surface area contributed by atoms with Crippen molar-refractivity contribution < 1.29 is 37.0 Å². The van der Waals surface area contributed by atoms with Gasteiger partial charge >= 0.3 is 6.18 Å². The van der Waals surface area contributed by atoms with E-state index in [-0.39, 0.29) is 31.0 Å². The molecule has 3 atom stereocenters. The van der Waals surface area contributed by atoms with E-state index in [9.17, 15) is 22.8 Å². The van der Waals surface area contributed by atoms with E-state index in [2.05, 4.69) is 27.7 Å². The summed E-state index contributed by atoms with van der Waals surface area (Å²) in [4.78, 5) is 27.4. The molecular weight excluding hydrogens is 527 g/mol. The minimum atomic E-state index is -4.56. The van der Waals surface area contributed by atoms with E-state index < -0.39 is 23.6 Å². The van der Waals surface area contributed by atoms with E-state index in [1.807, 2.05) is 19.1 Å². The van der Waals surface area contributed by atoms with Gasteiger partial charge in [0.25, 0.3) is 5.91 Å². The highest BCUT2D eigenvalue weighted by atomic mass is 19.4. The van der Waals surface area contributed by atoms with Gasteiger partial charge in [-0.1, -0.05) is 18.2 Å². The molecule has 2 N–H and O–H groups in total. The minimum absolute atomic E-state index is 0.160. The first kappa shape index (κ1) is 28.0. The van der Waals surface area contributed by atoms with Gasteiger partial charge in [0.05, 0.1) is 24.3 Å². The molecule has 2 aromatic rings. The van der Waals surface area contributed by atoms with Gasteiger partial charge < -0.3 is 24.8 Å². The smallest absolute Gasteiger partial charge is 0.416 e. The monoisotopic (exact) mass is 559 g/mol. The predicted octanol–water partition coefficient (Wildman–Crippen LogP) is 4.01. The SMILES string of the molecule is CCO[C@H]1CN(C2CC=C(c3ccc4c(c3)OCO4)CC2)C[C@@H]1NC(=O)CNC(=O)c1cccc(C(F)(F)F)c1. The number of hydrogen-bond donors (Lipinski definition) is 2. The molecule has 8 nitrogen and oxygen atoms in total. The Hall–Kier alpha value is -3.57. The van der Waals surface area contributed by atoms with Gasteiger partial charge in [-0.05, 0) is 67.7 Å². The van der Waals surface area contributed by atoms with Crippen LogP contribution in [0, 0.1) is 0 Å². The second-order valence-electron chi connectivity index (χ2n) is 10.1. The number of halogens is 3. The quantitative estimate of drug-likeness (QED) is 0.508. The number of nitrogens with one attached hydrogen (secondary N) is 2. The average Bonchev–Trinajstić information content (AvgIpc) is 3.58. The number of amides is 2. The highest BCUT2D eigenvalue weighted by Gasteiger charge is 2.38. The Balaban J connectivity index is 1.14. The highest BCUT2D eigenvalue weighted by Crippen LogP contribution is 2.38. The summed E-state index contributed by atoms with van der Waals surface area (Å²) in [6, 6.07) is 10.2. The molecule has 2 heterocycles. The molecule has 2 aromatic carbocycles. The summed E-state index contributed by atoms with van der Waals surface area (Å²) in [5.74, 6) is 0.359. The fourth-order valence-electron chi connectivity index (χ4n) is 5.49. The molecule has 40 heavy (non-hydrogen) atoms. The molecule has 0 spiro atoms. The van der Waals surface area contributed by atoms with Crippen LogP contribution in [0.5, 0.6) is 11.5 Å². The maximum atomic E-state index is 13.0. The third-order valence-electron chi connectivity index (χ3n) is 7.53. The Labute approximate surface area is 230 Å². The van der Waals surface area contributed by atoms with Gasteiger partial charge in [-0.2, -0.15) is 13.2 Å². The zero-order valence-electron chi connectivity index (χ0n) is 22.1. The second kappa shape index (κ2) is 11.9. The van der Waals surface area contributed by atoms with Gasteiger partial charge in [-0.3, -0.25) is 14.5 Å². The predicted molar refractivity (Wildman–Crippen MR) is 141 cm³/mol. The van der Waals surface area contributed by atoms with Gasteiger partial charge in [-0.25, -0.2) is 0 Å². The first-order valence-corrected chi connectivity index (χ1v) is 13.4. The fourth-order valence-corrected chi connectivity index (χ4v) is 5.49. The van der Waals surface area contributed by atoms with Crippen molar-refractivity contribution in [1.29, 1.82) is 0 Å². The molecular formula is C29H32F3N3O5. The number of hydrogen-bond acceptors (Lipinski definition) is 6. The van der Waals surface area contributed by atoms with Crippen LogP contribution in [-0.2, 0) is 15.7 Å². The topological polar surface area (TPSA) is 89.1 Å². The van der Waals surface area contributed by atoms with E-state index in [0.29, 0.717) is 25.7 Å². The highest BCUT2D eigenvalue weighted by molar-refractivity contribution is 5.96. The number of likely N-dealkylation sites (tertiary alicyclic amines) is 1. The number of benzene rings is 2. The third kappa shape index (κ3) is 6.42. The maximum absolute atomic E-state index is 13.0. The number of allylic oxidation sites excluding steroid dienone is 1. The van der Waals surface area contributed by atoms with Crippen molar-refractivity contribution in [3.05, 3.63) is 65.2 Å². The lowest BCUT2D eigenvalue weighted by atomic mass is 9.90. The van der Waals surface area contributed by atoms with Crippen molar-refractivity contribution in [2.24, 2.45) is 0 Å². The number of carbonyl (C=O) groups is 2. The van der Waals surface area contributed by atoms with Crippen molar-refractivity contribution in [2.75, 3.05) is 33.0 Å². The lowest BCUT2D eigenvalue weighted by Crippen LogP contribution is -2.48. The maximum Gasteiger partial charge on any atom is 0.416 e. The van der Waals surface area contributed by atoms with E-state index in [1.165, 1.54) is 11.6 Å². The Morgan fingerprint density at radius 2 is 1.93 bits per heavy atom. The zero-order valence-corrected chi connectivity index (χ0v) is 22.1. The first-order chi connectivity index (χ1) is 19.2. The molecule has 2 amide bonds. The van der Waals surface area contributed by atoms with Gasteiger partial charge in [0.2, 0.25) is 12.7 Å². The van der Waals surface area contributed by atoms with Crippen LogP contribution in [0.4, 0.5) is 13.2 Å². The van der Waals surface area contributed by atoms with E-state index in [0.717, 1.165) is 54.5 Å². The Kier molecular flexibility index (Phi) is 8.32. The third-order valence-corrected chi connectivity index (χ3v) is 7.53. The van der Waals surface area contributed by atoms with Crippen LogP contribution in [0.25, 0.3) is 5.57 Å². The number of rotatable bonds is 8. The van der Waals surface area contributed by atoms with Crippen molar-refractivity contribution in [2.45, 2.75) is 50.6 Å². The van der Waals surface area contributed by atoms with Crippen molar-refractivity contribution in [1.82, 2.24) is 15.5 Å². The zero-order chi connectivity index (χ0) is 28.3. The number of nitrogens with zero attached hydrogens (tertiary/aromatic N) is 1. The van der Waals surface area contributed by atoms with Crippen LogP contribution in [0.2, 0.25) is 0 Å². The summed E-state index contributed by atoms with van der Waals surface area (Å²) in [5.41, 5.74) is 1.33. The number of alkyl halides is 3.